The molecule has 2 aromatic rings. The third-order valence-electron chi connectivity index (χ3n) is 6.08. The normalized spacial score (nSPS) is 22.2. The molecule has 0 amide bonds. The third kappa shape index (κ3) is 3.90. The molecule has 3 nitrogen and oxygen atoms in total. The fourth-order valence-corrected chi connectivity index (χ4v) is 7.01. The number of dihydropyridines is 1. The minimum atomic E-state index is 0.264. The second-order valence-corrected chi connectivity index (χ2v) is 10.2. The molecule has 0 N–H and O–H groups in total. The van der Waals surface area contributed by atoms with Crippen LogP contribution in [0.2, 0.25) is 0 Å². The molecule has 0 bridgehead atoms. The van der Waals surface area contributed by atoms with Crippen LogP contribution in [0, 0.1) is 0 Å². The highest BCUT2D eigenvalue weighted by Crippen LogP contribution is 2.56. The van der Waals surface area contributed by atoms with Crippen molar-refractivity contribution in [2.45, 2.75) is 66.7 Å². The van der Waals surface area contributed by atoms with E-state index in [4.69, 9.17) is 9.98 Å². The van der Waals surface area contributed by atoms with Crippen LogP contribution in [0.5, 0.6) is 0 Å². The quantitative estimate of drug-likeness (QED) is 0.351. The van der Waals surface area contributed by atoms with Gasteiger partial charge < -0.3 is 0 Å². The van der Waals surface area contributed by atoms with Crippen molar-refractivity contribution in [1.29, 1.82) is 0 Å². The SMILES string of the molecule is CCCCC1=N[C@H]2Sc3c(SC/C=C/c4ccccc4)ncnc3[C@@H]2C2=C1CCC2. The Balaban J connectivity index is 1.36. The number of nitrogens with zero attached hydrogens (tertiary/aromatic N) is 3. The Hall–Kier alpha value is -1.85. The molecule has 0 unspecified atom stereocenters. The molecule has 30 heavy (non-hydrogen) atoms. The lowest BCUT2D eigenvalue weighted by atomic mass is 9.87. The van der Waals surface area contributed by atoms with Crippen molar-refractivity contribution in [3.63, 3.8) is 0 Å². The summed E-state index contributed by atoms with van der Waals surface area (Å²) < 4.78 is 0. The summed E-state index contributed by atoms with van der Waals surface area (Å²) in [6.07, 6.45) is 13.5. The predicted molar refractivity (Wildman–Crippen MR) is 128 cm³/mol. The summed E-state index contributed by atoms with van der Waals surface area (Å²) in [5, 5.41) is 1.38. The zero-order chi connectivity index (χ0) is 20.3. The van der Waals surface area contributed by atoms with Crippen LogP contribution in [0.4, 0.5) is 0 Å². The summed E-state index contributed by atoms with van der Waals surface area (Å²) in [6.45, 7) is 2.27. The monoisotopic (exact) mass is 433 g/mol. The van der Waals surface area contributed by atoms with Gasteiger partial charge in [-0.1, -0.05) is 73.2 Å². The van der Waals surface area contributed by atoms with Gasteiger partial charge in [0.05, 0.1) is 16.5 Å². The number of hydrogen-bond donors (Lipinski definition) is 0. The molecule has 5 heteroatoms. The van der Waals surface area contributed by atoms with E-state index in [0.29, 0.717) is 5.92 Å². The van der Waals surface area contributed by atoms with Crippen molar-refractivity contribution >= 4 is 35.3 Å². The Morgan fingerprint density at radius 1 is 1.17 bits per heavy atom. The van der Waals surface area contributed by atoms with E-state index >= 15 is 0 Å². The molecular formula is C25H27N3S2. The van der Waals surface area contributed by atoms with Crippen molar-refractivity contribution in [2.24, 2.45) is 4.99 Å². The van der Waals surface area contributed by atoms with Crippen LogP contribution in [0.25, 0.3) is 6.08 Å². The van der Waals surface area contributed by atoms with Gasteiger partial charge in [-0.3, -0.25) is 4.99 Å². The number of allylic oxidation sites excluding steroid dienone is 1. The number of hydrogen-bond acceptors (Lipinski definition) is 5. The maximum atomic E-state index is 5.25. The largest absolute Gasteiger partial charge is 0.274 e. The highest BCUT2D eigenvalue weighted by molar-refractivity contribution is 8.02. The first-order chi connectivity index (χ1) is 14.8. The average molecular weight is 434 g/mol. The van der Waals surface area contributed by atoms with Crippen molar-refractivity contribution in [3.8, 4) is 0 Å². The molecule has 0 fully saturated rings. The first kappa shape index (κ1) is 20.1. The standard InChI is InChI=1S/C25H27N3S2/c1-2-3-14-20-18-12-7-13-19(18)21-22-23(30-24(21)28-20)25(27-16-26-22)29-15-8-11-17-9-5-4-6-10-17/h4-6,8-11,16,21,24H,2-3,7,12-15H2,1H3/b11-8+/t21-,24-/m0/s1. The molecule has 1 aliphatic carbocycles. The van der Waals surface area contributed by atoms with Crippen LogP contribution in [0.15, 0.2) is 68.8 Å². The Kier molecular flexibility index (Phi) is 6.09. The van der Waals surface area contributed by atoms with E-state index in [1.165, 1.54) is 54.0 Å². The fraction of sp³-hybridized carbons (Fsp3) is 0.400. The fourth-order valence-electron chi connectivity index (χ4n) is 4.67. The molecule has 0 saturated heterocycles. The number of benzene rings is 1. The van der Waals surface area contributed by atoms with Gasteiger partial charge in [-0.2, -0.15) is 0 Å². The number of aromatic nitrogens is 2. The van der Waals surface area contributed by atoms with Crippen LogP contribution >= 0.6 is 23.5 Å². The summed E-state index contributed by atoms with van der Waals surface area (Å²) in [5.74, 6) is 1.28. The maximum Gasteiger partial charge on any atom is 0.117 e. The Morgan fingerprint density at radius 3 is 2.93 bits per heavy atom. The molecule has 0 radical (unpaired) electrons. The number of aliphatic imine (C=N–C) groups is 1. The van der Waals surface area contributed by atoms with Gasteiger partial charge in [-0.25, -0.2) is 9.97 Å². The predicted octanol–water partition coefficient (Wildman–Crippen LogP) is 6.92. The summed E-state index contributed by atoms with van der Waals surface area (Å²) >= 11 is 3.70. The molecule has 2 atom stereocenters. The van der Waals surface area contributed by atoms with Gasteiger partial charge in [0.2, 0.25) is 0 Å². The van der Waals surface area contributed by atoms with E-state index < -0.39 is 0 Å². The number of rotatable bonds is 7. The number of fused-ring (bicyclic) bond motifs is 4. The van der Waals surface area contributed by atoms with Crippen molar-refractivity contribution in [1.82, 2.24) is 9.97 Å². The molecule has 3 aliphatic rings. The topological polar surface area (TPSA) is 38.1 Å². The van der Waals surface area contributed by atoms with Crippen LogP contribution in [-0.4, -0.2) is 26.8 Å². The Morgan fingerprint density at radius 2 is 2.07 bits per heavy atom. The van der Waals surface area contributed by atoms with Crippen molar-refractivity contribution in [3.05, 3.63) is 65.1 Å². The summed E-state index contributed by atoms with van der Waals surface area (Å²) in [4.78, 5) is 15.9. The van der Waals surface area contributed by atoms with Crippen LogP contribution in [0.1, 0.15) is 62.6 Å². The van der Waals surface area contributed by atoms with Gasteiger partial charge in [0.15, 0.2) is 0 Å². The van der Waals surface area contributed by atoms with Crippen molar-refractivity contribution < 1.29 is 0 Å². The Labute approximate surface area is 187 Å². The van der Waals surface area contributed by atoms with Gasteiger partial charge in [0.1, 0.15) is 16.7 Å². The molecule has 5 rings (SSSR count). The van der Waals surface area contributed by atoms with E-state index in [-0.39, 0.29) is 5.37 Å². The van der Waals surface area contributed by atoms with E-state index in [0.717, 1.165) is 17.2 Å². The van der Waals surface area contributed by atoms with Crippen molar-refractivity contribution in [2.75, 3.05) is 5.75 Å². The summed E-state index contributed by atoms with van der Waals surface area (Å²) in [7, 11) is 0. The average Bonchev–Trinajstić information content (AvgIpc) is 3.40. The molecule has 2 aliphatic heterocycles. The lowest BCUT2D eigenvalue weighted by Gasteiger charge is -2.26. The minimum Gasteiger partial charge on any atom is -0.274 e. The molecule has 154 valence electrons. The second kappa shape index (κ2) is 9.11. The zero-order valence-electron chi connectivity index (χ0n) is 17.4. The lowest BCUT2D eigenvalue weighted by Crippen LogP contribution is -2.21. The number of thioether (sulfide) groups is 2. The van der Waals surface area contributed by atoms with Crippen LogP contribution < -0.4 is 0 Å². The van der Waals surface area contributed by atoms with E-state index in [1.807, 2.05) is 29.6 Å². The molecule has 3 heterocycles. The second-order valence-electron chi connectivity index (χ2n) is 8.04. The molecule has 0 saturated carbocycles. The summed E-state index contributed by atoms with van der Waals surface area (Å²) in [6, 6.07) is 10.5. The minimum absolute atomic E-state index is 0.264. The highest BCUT2D eigenvalue weighted by Gasteiger charge is 2.43. The van der Waals surface area contributed by atoms with Crippen LogP contribution in [0.3, 0.4) is 0 Å². The van der Waals surface area contributed by atoms with E-state index in [1.54, 1.807) is 17.5 Å². The Bertz CT molecular complexity index is 1010. The highest BCUT2D eigenvalue weighted by atomic mass is 32.2. The van der Waals surface area contributed by atoms with Gasteiger partial charge in [-0.15, -0.1) is 11.8 Å². The third-order valence-corrected chi connectivity index (χ3v) is 8.41. The smallest absolute Gasteiger partial charge is 0.117 e. The molecular weight excluding hydrogens is 406 g/mol. The van der Waals surface area contributed by atoms with Gasteiger partial charge in [0.25, 0.3) is 0 Å². The van der Waals surface area contributed by atoms with E-state index in [9.17, 15) is 0 Å². The van der Waals surface area contributed by atoms with Gasteiger partial charge >= 0.3 is 0 Å². The van der Waals surface area contributed by atoms with Gasteiger partial charge in [-0.05, 0) is 43.2 Å². The maximum absolute atomic E-state index is 5.25. The molecule has 1 aromatic carbocycles. The van der Waals surface area contributed by atoms with Crippen LogP contribution in [-0.2, 0) is 0 Å². The number of unbranched alkanes of at least 4 members (excludes halogenated alkanes) is 1. The first-order valence-corrected chi connectivity index (χ1v) is 12.9. The summed E-state index contributed by atoms with van der Waals surface area (Å²) in [5.41, 5.74) is 7.05. The zero-order valence-corrected chi connectivity index (χ0v) is 19.0. The molecule has 0 spiro atoms. The van der Waals surface area contributed by atoms with E-state index in [2.05, 4.69) is 48.3 Å². The van der Waals surface area contributed by atoms with Gasteiger partial charge in [0, 0.05) is 11.5 Å². The first-order valence-electron chi connectivity index (χ1n) is 11.0. The lowest BCUT2D eigenvalue weighted by molar-refractivity contribution is 0.687. The molecule has 1 aromatic heterocycles.